The maximum atomic E-state index is 11.4. The van der Waals surface area contributed by atoms with Gasteiger partial charge in [-0.1, -0.05) is 104 Å². The van der Waals surface area contributed by atoms with Gasteiger partial charge in [-0.3, -0.25) is 0 Å². The Balaban J connectivity index is 0. The van der Waals surface area contributed by atoms with Gasteiger partial charge in [-0.05, 0) is 25.7 Å². The van der Waals surface area contributed by atoms with E-state index in [-0.39, 0.29) is 35.7 Å². The van der Waals surface area contributed by atoms with Gasteiger partial charge in [0.25, 0.3) is 0 Å². The number of rotatable bonds is 20. The van der Waals surface area contributed by atoms with Crippen molar-refractivity contribution in [1.82, 2.24) is 0 Å². The van der Waals surface area contributed by atoms with Crippen LogP contribution in [-0.4, -0.2) is 29.4 Å². The third-order valence-electron chi connectivity index (χ3n) is 5.49. The maximum absolute atomic E-state index is 11.4. The third-order valence-corrected chi connectivity index (χ3v) is 6.78. The summed E-state index contributed by atoms with van der Waals surface area (Å²) in [4.78, 5) is 0. The second kappa shape index (κ2) is 21.1. The summed E-state index contributed by atoms with van der Waals surface area (Å²) < 4.78 is 34.3. The van der Waals surface area contributed by atoms with Crippen molar-refractivity contribution in [2.45, 2.75) is 141 Å². The van der Waals surface area contributed by atoms with Crippen LogP contribution in [0.2, 0.25) is 0 Å². The second-order valence-corrected chi connectivity index (χ2v) is 9.82. The molecule has 2 atom stereocenters. The van der Waals surface area contributed by atoms with Crippen molar-refractivity contribution < 1.29 is 47.6 Å². The fourth-order valence-electron chi connectivity index (χ4n) is 3.64. The smallest absolute Gasteiger partial charge is 0.748 e. The summed E-state index contributed by atoms with van der Waals surface area (Å²) in [5.74, 6) is 0. The minimum atomic E-state index is -4.20. The minimum absolute atomic E-state index is 0. The molecule has 6 heteroatoms. The first kappa shape index (κ1) is 31.1. The fraction of sp³-hybridized carbons (Fsp3) is 1.00. The van der Waals surface area contributed by atoms with Crippen LogP contribution in [0.3, 0.4) is 0 Å². The molecule has 4 nitrogen and oxygen atoms in total. The van der Waals surface area contributed by atoms with E-state index in [4.69, 9.17) is 0 Å². The van der Waals surface area contributed by atoms with Gasteiger partial charge in [0.15, 0.2) is 0 Å². The molecule has 2 unspecified atom stereocenters. The van der Waals surface area contributed by atoms with Crippen LogP contribution in [0.25, 0.3) is 0 Å². The van der Waals surface area contributed by atoms with Gasteiger partial charge in [-0.15, -0.1) is 0 Å². The molecular formula is C22H45NaO4S. The number of aliphatic hydroxyl groups excluding tert-OH is 1. The Morgan fingerprint density at radius 1 is 0.643 bits per heavy atom. The van der Waals surface area contributed by atoms with E-state index >= 15 is 0 Å². The van der Waals surface area contributed by atoms with Gasteiger partial charge in [-0.25, -0.2) is 8.42 Å². The summed E-state index contributed by atoms with van der Waals surface area (Å²) in [5, 5.41) is 9.32. The zero-order valence-electron chi connectivity index (χ0n) is 19.0. The first-order chi connectivity index (χ1) is 12.9. The molecule has 0 aromatic heterocycles. The largest absolute Gasteiger partial charge is 1.00 e. The van der Waals surface area contributed by atoms with Crippen LogP contribution in [0, 0.1) is 0 Å². The molecule has 0 amide bonds. The van der Waals surface area contributed by atoms with Crippen LogP contribution in [0.15, 0.2) is 0 Å². The average molecular weight is 429 g/mol. The average Bonchev–Trinajstić information content (AvgIpc) is 2.61. The molecule has 0 aliphatic heterocycles. The number of aliphatic hydroxyl groups is 1. The molecule has 0 saturated carbocycles. The van der Waals surface area contributed by atoms with Crippen LogP contribution < -0.4 is 29.6 Å². The number of hydrogen-bond acceptors (Lipinski definition) is 4. The normalized spacial score (nSPS) is 13.9. The first-order valence-corrected chi connectivity index (χ1v) is 13.0. The van der Waals surface area contributed by atoms with Gasteiger partial charge in [0.2, 0.25) is 0 Å². The molecular weight excluding hydrogens is 383 g/mol. The van der Waals surface area contributed by atoms with E-state index in [0.29, 0.717) is 12.8 Å². The van der Waals surface area contributed by atoms with Gasteiger partial charge in [0.05, 0.1) is 16.2 Å². The molecule has 1 N–H and O–H groups in total. The molecule has 0 bridgehead atoms. The van der Waals surface area contributed by atoms with Crippen molar-refractivity contribution in [2.75, 3.05) is 0 Å². The second-order valence-electron chi connectivity index (χ2n) is 8.17. The summed E-state index contributed by atoms with van der Waals surface area (Å²) in [5.41, 5.74) is 0. The Morgan fingerprint density at radius 2 is 0.964 bits per heavy atom. The summed E-state index contributed by atoms with van der Waals surface area (Å²) in [7, 11) is -4.20. The molecule has 0 spiro atoms. The van der Waals surface area contributed by atoms with Gasteiger partial charge >= 0.3 is 29.6 Å². The van der Waals surface area contributed by atoms with Gasteiger partial charge in [0, 0.05) is 5.25 Å². The van der Waals surface area contributed by atoms with Crippen molar-refractivity contribution >= 4 is 10.1 Å². The quantitative estimate of drug-likeness (QED) is 0.183. The molecule has 0 aromatic rings. The van der Waals surface area contributed by atoms with E-state index in [2.05, 4.69) is 13.8 Å². The fourth-order valence-corrected chi connectivity index (χ4v) is 4.55. The zero-order chi connectivity index (χ0) is 20.4. The van der Waals surface area contributed by atoms with Crippen molar-refractivity contribution in [3.63, 3.8) is 0 Å². The summed E-state index contributed by atoms with van der Waals surface area (Å²) in [6.07, 6.45) is 17.8. The van der Waals surface area contributed by atoms with Gasteiger partial charge in [0.1, 0.15) is 0 Å². The molecule has 0 aliphatic carbocycles. The predicted molar refractivity (Wildman–Crippen MR) is 114 cm³/mol. The standard InChI is InChI=1S/C22H46O4S.Na/c1-3-5-7-9-10-12-13-17-21(23)18-15-16-20-22(27(24,25)26)19-14-11-8-6-4-2;/h21-23H,3-20H2,1-2H3,(H,24,25,26);/q;+1/p-1. The summed E-state index contributed by atoms with van der Waals surface area (Å²) in [6.45, 7) is 4.37. The molecule has 0 aliphatic rings. The van der Waals surface area contributed by atoms with Gasteiger partial charge < -0.3 is 9.66 Å². The number of unbranched alkanes of at least 4 members (excludes halogenated alkanes) is 11. The van der Waals surface area contributed by atoms with Crippen molar-refractivity contribution in [3.8, 4) is 0 Å². The summed E-state index contributed by atoms with van der Waals surface area (Å²) in [6, 6.07) is 0. The molecule has 0 fully saturated rings. The van der Waals surface area contributed by atoms with Crippen molar-refractivity contribution in [3.05, 3.63) is 0 Å². The minimum Gasteiger partial charge on any atom is -0.748 e. The van der Waals surface area contributed by atoms with Crippen molar-refractivity contribution in [2.24, 2.45) is 0 Å². The van der Waals surface area contributed by atoms with Crippen LogP contribution in [-0.2, 0) is 10.1 Å². The van der Waals surface area contributed by atoms with E-state index in [1.54, 1.807) is 0 Å². The van der Waals surface area contributed by atoms with Crippen LogP contribution >= 0.6 is 0 Å². The Hall–Kier alpha value is 0.870. The maximum Gasteiger partial charge on any atom is 1.00 e. The Labute approximate surface area is 197 Å². The van der Waals surface area contributed by atoms with Crippen LogP contribution in [0.4, 0.5) is 0 Å². The van der Waals surface area contributed by atoms with E-state index in [1.807, 2.05) is 0 Å². The van der Waals surface area contributed by atoms with Crippen LogP contribution in [0.1, 0.15) is 129 Å². The van der Waals surface area contributed by atoms with Crippen molar-refractivity contribution in [1.29, 1.82) is 0 Å². The Bertz CT molecular complexity index is 415. The molecule has 164 valence electrons. The molecule has 0 rings (SSSR count). The first-order valence-electron chi connectivity index (χ1n) is 11.5. The molecule has 0 heterocycles. The number of hydrogen-bond donors (Lipinski definition) is 1. The van der Waals surface area contributed by atoms with E-state index in [0.717, 1.165) is 57.8 Å². The summed E-state index contributed by atoms with van der Waals surface area (Å²) >= 11 is 0. The third kappa shape index (κ3) is 20.2. The Kier molecular flexibility index (Phi) is 23.4. The monoisotopic (exact) mass is 428 g/mol. The molecule has 28 heavy (non-hydrogen) atoms. The molecule has 0 aromatic carbocycles. The predicted octanol–water partition coefficient (Wildman–Crippen LogP) is 3.33. The van der Waals surface area contributed by atoms with Gasteiger partial charge in [-0.2, -0.15) is 0 Å². The van der Waals surface area contributed by atoms with E-state index < -0.39 is 15.4 Å². The molecule has 0 radical (unpaired) electrons. The zero-order valence-corrected chi connectivity index (χ0v) is 21.8. The van der Waals surface area contributed by atoms with Crippen LogP contribution in [0.5, 0.6) is 0 Å². The SMILES string of the molecule is CCCCCCCCCC(O)CCCCC(CCCCCCC)S(=O)(=O)[O-].[Na+]. The topological polar surface area (TPSA) is 77.4 Å². The van der Waals surface area contributed by atoms with E-state index in [9.17, 15) is 18.1 Å². The Morgan fingerprint density at radius 3 is 1.39 bits per heavy atom. The van der Waals surface area contributed by atoms with E-state index in [1.165, 1.54) is 44.9 Å². The molecule has 0 saturated heterocycles.